The van der Waals surface area contributed by atoms with Gasteiger partial charge >= 0.3 is 0 Å². The maximum absolute atomic E-state index is 5.76. The Morgan fingerprint density at radius 2 is 2.33 bits per heavy atom. The van der Waals surface area contributed by atoms with Crippen LogP contribution in [0.1, 0.15) is 18.5 Å². The molecule has 0 bridgehead atoms. The monoisotopic (exact) mass is 209 g/mol. The fourth-order valence-corrected chi connectivity index (χ4v) is 2.19. The van der Waals surface area contributed by atoms with Gasteiger partial charge in [-0.2, -0.15) is 0 Å². The molecule has 1 aromatic heterocycles. The molecule has 15 heavy (non-hydrogen) atoms. The maximum Gasteiger partial charge on any atom is 0.0966 e. The van der Waals surface area contributed by atoms with Crippen LogP contribution in [0.4, 0.5) is 0 Å². The highest BCUT2D eigenvalue weighted by Gasteiger charge is 2.26. The summed E-state index contributed by atoms with van der Waals surface area (Å²) in [7, 11) is 4.01. The number of rotatable bonds is 4. The standard InChI is InChI=1S/C10H19N5/c1-14(5-8-3-9(11)4-8)6-10-7-15(2)13-12-10/h7-9H,3-6,11H2,1-2H3. The summed E-state index contributed by atoms with van der Waals surface area (Å²) in [6.45, 7) is 1.99. The number of nitrogens with two attached hydrogens (primary N) is 1. The van der Waals surface area contributed by atoms with E-state index < -0.39 is 0 Å². The third-order valence-electron chi connectivity index (χ3n) is 2.92. The zero-order valence-corrected chi connectivity index (χ0v) is 9.43. The van der Waals surface area contributed by atoms with Crippen LogP contribution >= 0.6 is 0 Å². The summed E-state index contributed by atoms with van der Waals surface area (Å²) in [6, 6.07) is 0.444. The first-order valence-corrected chi connectivity index (χ1v) is 5.43. The molecule has 5 nitrogen and oxygen atoms in total. The van der Waals surface area contributed by atoms with E-state index in [9.17, 15) is 0 Å². The van der Waals surface area contributed by atoms with Crippen molar-refractivity contribution in [1.29, 1.82) is 0 Å². The topological polar surface area (TPSA) is 60.0 Å². The van der Waals surface area contributed by atoms with Crippen molar-refractivity contribution in [2.45, 2.75) is 25.4 Å². The summed E-state index contributed by atoms with van der Waals surface area (Å²) < 4.78 is 1.74. The van der Waals surface area contributed by atoms with Gasteiger partial charge in [-0.3, -0.25) is 4.68 Å². The zero-order chi connectivity index (χ0) is 10.8. The van der Waals surface area contributed by atoms with E-state index in [1.807, 2.05) is 13.2 Å². The lowest BCUT2D eigenvalue weighted by atomic mass is 9.80. The average Bonchev–Trinajstić information content (AvgIpc) is 2.48. The predicted octanol–water partition coefficient (Wildman–Crippen LogP) is -0.0158. The number of hydrogen-bond acceptors (Lipinski definition) is 4. The van der Waals surface area contributed by atoms with E-state index in [1.54, 1.807) is 4.68 Å². The Morgan fingerprint density at radius 1 is 1.60 bits per heavy atom. The second-order valence-corrected chi connectivity index (χ2v) is 4.68. The smallest absolute Gasteiger partial charge is 0.0966 e. The Bertz CT molecular complexity index is 315. The lowest BCUT2D eigenvalue weighted by molar-refractivity contribution is 0.177. The molecule has 1 saturated carbocycles. The Kier molecular flexibility index (Phi) is 3.02. The van der Waals surface area contributed by atoms with E-state index in [4.69, 9.17) is 5.73 Å². The van der Waals surface area contributed by atoms with E-state index in [0.717, 1.165) is 24.7 Å². The van der Waals surface area contributed by atoms with Gasteiger partial charge in [0.05, 0.1) is 5.69 Å². The van der Waals surface area contributed by atoms with E-state index in [-0.39, 0.29) is 0 Å². The van der Waals surface area contributed by atoms with Gasteiger partial charge in [-0.15, -0.1) is 5.10 Å². The third kappa shape index (κ3) is 2.76. The molecular formula is C10H19N5. The first-order chi connectivity index (χ1) is 7.13. The Labute approximate surface area is 90.2 Å². The van der Waals surface area contributed by atoms with Crippen molar-refractivity contribution in [2.75, 3.05) is 13.6 Å². The quantitative estimate of drug-likeness (QED) is 0.757. The molecule has 1 fully saturated rings. The first-order valence-electron chi connectivity index (χ1n) is 5.43. The van der Waals surface area contributed by atoms with E-state index in [0.29, 0.717) is 6.04 Å². The van der Waals surface area contributed by atoms with Gasteiger partial charge in [0.1, 0.15) is 0 Å². The molecule has 84 valence electrons. The van der Waals surface area contributed by atoms with Crippen molar-refractivity contribution < 1.29 is 0 Å². The maximum atomic E-state index is 5.76. The largest absolute Gasteiger partial charge is 0.328 e. The summed E-state index contributed by atoms with van der Waals surface area (Å²) >= 11 is 0. The van der Waals surface area contributed by atoms with Crippen LogP contribution in [-0.2, 0) is 13.6 Å². The number of hydrogen-bond donors (Lipinski definition) is 1. The molecule has 0 amide bonds. The Hall–Kier alpha value is -0.940. The van der Waals surface area contributed by atoms with Crippen molar-refractivity contribution >= 4 is 0 Å². The van der Waals surface area contributed by atoms with Crippen molar-refractivity contribution in [2.24, 2.45) is 18.7 Å². The highest BCUT2D eigenvalue weighted by molar-refractivity contribution is 4.92. The lowest BCUT2D eigenvalue weighted by Gasteiger charge is -2.35. The van der Waals surface area contributed by atoms with Crippen LogP contribution < -0.4 is 5.73 Å². The summed E-state index contributed by atoms with van der Waals surface area (Å²) in [6.07, 6.45) is 4.30. The Morgan fingerprint density at radius 3 is 2.87 bits per heavy atom. The molecular weight excluding hydrogens is 190 g/mol. The van der Waals surface area contributed by atoms with Gasteiger partial charge in [-0.1, -0.05) is 5.21 Å². The summed E-state index contributed by atoms with van der Waals surface area (Å²) in [5.74, 6) is 0.779. The number of nitrogens with zero attached hydrogens (tertiary/aromatic N) is 4. The van der Waals surface area contributed by atoms with Gasteiger partial charge in [0, 0.05) is 32.4 Å². The fourth-order valence-electron chi connectivity index (χ4n) is 2.19. The predicted molar refractivity (Wildman–Crippen MR) is 58.0 cm³/mol. The molecule has 0 saturated heterocycles. The average molecular weight is 209 g/mol. The van der Waals surface area contributed by atoms with Crippen molar-refractivity contribution in [1.82, 2.24) is 19.9 Å². The molecule has 2 rings (SSSR count). The minimum absolute atomic E-state index is 0.444. The van der Waals surface area contributed by atoms with Crippen LogP contribution in [0.3, 0.4) is 0 Å². The van der Waals surface area contributed by atoms with Crippen LogP contribution in [0.2, 0.25) is 0 Å². The van der Waals surface area contributed by atoms with E-state index in [1.165, 1.54) is 12.8 Å². The van der Waals surface area contributed by atoms with Crippen LogP contribution in [-0.4, -0.2) is 39.5 Å². The summed E-state index contributed by atoms with van der Waals surface area (Å²) in [4.78, 5) is 2.29. The minimum Gasteiger partial charge on any atom is -0.328 e. The van der Waals surface area contributed by atoms with Gasteiger partial charge in [-0.05, 0) is 25.8 Å². The molecule has 1 aromatic rings. The van der Waals surface area contributed by atoms with Gasteiger partial charge in [0.25, 0.3) is 0 Å². The second kappa shape index (κ2) is 4.28. The zero-order valence-electron chi connectivity index (χ0n) is 9.43. The molecule has 0 radical (unpaired) electrons. The van der Waals surface area contributed by atoms with Gasteiger partial charge < -0.3 is 10.6 Å². The second-order valence-electron chi connectivity index (χ2n) is 4.68. The molecule has 1 heterocycles. The van der Waals surface area contributed by atoms with E-state index in [2.05, 4.69) is 22.3 Å². The van der Waals surface area contributed by atoms with Crippen molar-refractivity contribution in [3.8, 4) is 0 Å². The highest BCUT2D eigenvalue weighted by atomic mass is 15.4. The highest BCUT2D eigenvalue weighted by Crippen LogP contribution is 2.26. The summed E-state index contributed by atoms with van der Waals surface area (Å²) in [5.41, 5.74) is 6.79. The first kappa shape index (κ1) is 10.6. The third-order valence-corrected chi connectivity index (χ3v) is 2.92. The lowest BCUT2D eigenvalue weighted by Crippen LogP contribution is -2.41. The van der Waals surface area contributed by atoms with E-state index >= 15 is 0 Å². The van der Waals surface area contributed by atoms with Gasteiger partial charge in [-0.25, -0.2) is 0 Å². The van der Waals surface area contributed by atoms with Crippen LogP contribution in [0.25, 0.3) is 0 Å². The number of aryl methyl sites for hydroxylation is 1. The van der Waals surface area contributed by atoms with Crippen LogP contribution in [0, 0.1) is 5.92 Å². The van der Waals surface area contributed by atoms with Gasteiger partial charge in [0.15, 0.2) is 0 Å². The molecule has 1 aliphatic carbocycles. The Balaban J connectivity index is 1.75. The van der Waals surface area contributed by atoms with Crippen molar-refractivity contribution in [3.05, 3.63) is 11.9 Å². The number of aromatic nitrogens is 3. The molecule has 0 aromatic carbocycles. The molecule has 1 aliphatic rings. The van der Waals surface area contributed by atoms with Crippen LogP contribution in [0.15, 0.2) is 6.20 Å². The van der Waals surface area contributed by atoms with Crippen molar-refractivity contribution in [3.63, 3.8) is 0 Å². The van der Waals surface area contributed by atoms with Crippen LogP contribution in [0.5, 0.6) is 0 Å². The summed E-state index contributed by atoms with van der Waals surface area (Å²) in [5, 5.41) is 7.98. The molecule has 5 heteroatoms. The fraction of sp³-hybridized carbons (Fsp3) is 0.800. The van der Waals surface area contributed by atoms with Gasteiger partial charge in [0.2, 0.25) is 0 Å². The molecule has 0 unspecified atom stereocenters. The minimum atomic E-state index is 0.444. The molecule has 2 N–H and O–H groups in total. The SMILES string of the molecule is CN(Cc1cn(C)nn1)CC1CC(N)C1. The molecule has 0 atom stereocenters. The normalized spacial score (nSPS) is 25.6. The molecule has 0 aliphatic heterocycles. The molecule has 0 spiro atoms.